The number of aromatic carboxylic acids is 1. The zero-order valence-electron chi connectivity index (χ0n) is 9.98. The lowest BCUT2D eigenvalue weighted by molar-refractivity contribution is -0.137. The second-order valence-electron chi connectivity index (χ2n) is 4.07. The first kappa shape index (κ1) is 12.8. The fourth-order valence-corrected chi connectivity index (χ4v) is 2.04. The average Bonchev–Trinajstić information content (AvgIpc) is 2.40. The highest BCUT2D eigenvalue weighted by Gasteiger charge is 2.26. The van der Waals surface area contributed by atoms with Crippen molar-refractivity contribution in [1.29, 1.82) is 0 Å². The summed E-state index contributed by atoms with van der Waals surface area (Å²) in [5, 5.41) is 18.5. The molecule has 4 nitrogen and oxygen atoms in total. The molecule has 0 radical (unpaired) electrons. The quantitative estimate of drug-likeness (QED) is 0.881. The van der Waals surface area contributed by atoms with Crippen molar-refractivity contribution >= 4 is 11.9 Å². The molecule has 0 spiro atoms. The lowest BCUT2D eigenvalue weighted by Crippen LogP contribution is -2.16. The summed E-state index contributed by atoms with van der Waals surface area (Å²) in [5.41, 5.74) is 0.858. The zero-order valence-corrected chi connectivity index (χ0v) is 9.98. The summed E-state index contributed by atoms with van der Waals surface area (Å²) in [5.74, 6) is -3.17. The monoisotopic (exact) mass is 256 g/mol. The molecule has 0 saturated heterocycles. The summed E-state index contributed by atoms with van der Waals surface area (Å²) in [7, 11) is 0. The molecule has 0 bridgehead atoms. The molecule has 2 N–H and O–H groups in total. The smallest absolute Gasteiger partial charge is 0.336 e. The first-order valence-corrected chi connectivity index (χ1v) is 5.71. The van der Waals surface area contributed by atoms with Crippen LogP contribution in [-0.2, 0) is 4.79 Å². The van der Waals surface area contributed by atoms with Crippen LogP contribution in [0.2, 0.25) is 0 Å². The molecule has 1 atom stereocenters. The number of carboxylic acid groups (broad SMARTS) is 2. The Hall–Kier alpha value is -2.62. The molecule has 2 aromatic rings. The lowest BCUT2D eigenvalue weighted by atomic mass is 9.88. The van der Waals surface area contributed by atoms with Crippen LogP contribution in [0.3, 0.4) is 0 Å². The zero-order chi connectivity index (χ0) is 13.8. The van der Waals surface area contributed by atoms with E-state index in [0.717, 1.165) is 0 Å². The third-order valence-corrected chi connectivity index (χ3v) is 2.88. The number of carboxylic acids is 2. The molecule has 0 aliphatic heterocycles. The Kier molecular flexibility index (Phi) is 3.61. The molecule has 0 fully saturated rings. The van der Waals surface area contributed by atoms with Gasteiger partial charge in [-0.05, 0) is 17.2 Å². The summed E-state index contributed by atoms with van der Waals surface area (Å²) < 4.78 is 0. The minimum absolute atomic E-state index is 0.0127. The van der Waals surface area contributed by atoms with Gasteiger partial charge >= 0.3 is 11.9 Å². The Labute approximate surface area is 109 Å². The van der Waals surface area contributed by atoms with E-state index in [1.165, 1.54) is 12.1 Å². The van der Waals surface area contributed by atoms with Gasteiger partial charge in [0.1, 0.15) is 5.92 Å². The Morgan fingerprint density at radius 2 is 1.42 bits per heavy atom. The SMILES string of the molecule is O=C(O)c1ccccc1C(C(=O)O)c1ccccc1. The van der Waals surface area contributed by atoms with Crippen LogP contribution in [0.5, 0.6) is 0 Å². The molecule has 0 aliphatic rings. The van der Waals surface area contributed by atoms with E-state index in [2.05, 4.69) is 0 Å². The van der Waals surface area contributed by atoms with Gasteiger partial charge in [0, 0.05) is 0 Å². The molecule has 0 aromatic heterocycles. The molecule has 1 unspecified atom stereocenters. The van der Waals surface area contributed by atoms with Crippen molar-refractivity contribution in [1.82, 2.24) is 0 Å². The third-order valence-electron chi connectivity index (χ3n) is 2.88. The van der Waals surface area contributed by atoms with Crippen molar-refractivity contribution in [3.63, 3.8) is 0 Å². The van der Waals surface area contributed by atoms with Crippen LogP contribution >= 0.6 is 0 Å². The van der Waals surface area contributed by atoms with Gasteiger partial charge in [-0.3, -0.25) is 4.79 Å². The highest BCUT2D eigenvalue weighted by molar-refractivity contribution is 5.93. The van der Waals surface area contributed by atoms with E-state index in [4.69, 9.17) is 5.11 Å². The number of aliphatic carboxylic acids is 1. The van der Waals surface area contributed by atoms with Gasteiger partial charge in [0.25, 0.3) is 0 Å². The largest absolute Gasteiger partial charge is 0.481 e. The number of hydrogen-bond acceptors (Lipinski definition) is 2. The first-order chi connectivity index (χ1) is 9.11. The van der Waals surface area contributed by atoms with E-state index in [1.807, 2.05) is 0 Å². The van der Waals surface area contributed by atoms with Crippen LogP contribution in [0.4, 0.5) is 0 Å². The van der Waals surface area contributed by atoms with Gasteiger partial charge in [-0.1, -0.05) is 48.5 Å². The maximum absolute atomic E-state index is 11.5. The highest BCUT2D eigenvalue weighted by Crippen LogP contribution is 2.27. The molecule has 2 aromatic carbocycles. The van der Waals surface area contributed by atoms with E-state index in [-0.39, 0.29) is 11.1 Å². The molecule has 0 heterocycles. The van der Waals surface area contributed by atoms with Crippen LogP contribution in [0.25, 0.3) is 0 Å². The van der Waals surface area contributed by atoms with E-state index in [1.54, 1.807) is 42.5 Å². The van der Waals surface area contributed by atoms with E-state index in [9.17, 15) is 14.7 Å². The van der Waals surface area contributed by atoms with Crippen molar-refractivity contribution in [3.8, 4) is 0 Å². The lowest BCUT2D eigenvalue weighted by Gasteiger charge is -2.15. The molecule has 19 heavy (non-hydrogen) atoms. The third kappa shape index (κ3) is 2.63. The van der Waals surface area contributed by atoms with E-state index in [0.29, 0.717) is 5.56 Å². The van der Waals surface area contributed by atoms with Crippen LogP contribution < -0.4 is 0 Å². The summed E-state index contributed by atoms with van der Waals surface area (Å²) in [4.78, 5) is 22.7. The highest BCUT2D eigenvalue weighted by atomic mass is 16.4. The summed E-state index contributed by atoms with van der Waals surface area (Å²) >= 11 is 0. The predicted octanol–water partition coefficient (Wildman–Crippen LogP) is 2.60. The van der Waals surface area contributed by atoms with Gasteiger partial charge in [0.2, 0.25) is 0 Å². The Balaban J connectivity index is 2.59. The number of benzene rings is 2. The molecule has 0 amide bonds. The Morgan fingerprint density at radius 1 is 0.842 bits per heavy atom. The van der Waals surface area contributed by atoms with Crippen molar-refractivity contribution in [2.45, 2.75) is 5.92 Å². The summed E-state index contributed by atoms with van der Waals surface area (Å²) in [6.45, 7) is 0. The first-order valence-electron chi connectivity index (χ1n) is 5.71. The predicted molar refractivity (Wildman–Crippen MR) is 69.3 cm³/mol. The van der Waals surface area contributed by atoms with Gasteiger partial charge in [0.05, 0.1) is 5.56 Å². The maximum atomic E-state index is 11.5. The minimum atomic E-state index is -1.13. The van der Waals surface area contributed by atoms with Crippen LogP contribution in [0.1, 0.15) is 27.4 Å². The average molecular weight is 256 g/mol. The van der Waals surface area contributed by atoms with Gasteiger partial charge in [-0.15, -0.1) is 0 Å². The number of carbonyl (C=O) groups is 2. The number of hydrogen-bond donors (Lipinski definition) is 2. The molecule has 0 saturated carbocycles. The van der Waals surface area contributed by atoms with Crippen molar-refractivity contribution < 1.29 is 19.8 Å². The topological polar surface area (TPSA) is 74.6 Å². The van der Waals surface area contributed by atoms with Crippen LogP contribution in [-0.4, -0.2) is 22.2 Å². The van der Waals surface area contributed by atoms with Gasteiger partial charge in [-0.2, -0.15) is 0 Å². The standard InChI is InChI=1S/C15H12O4/c16-14(17)12-9-5-4-8-11(12)13(15(18)19)10-6-2-1-3-7-10/h1-9,13H,(H,16,17)(H,18,19). The summed E-state index contributed by atoms with van der Waals surface area (Å²) in [6.07, 6.45) is 0. The molecule has 96 valence electrons. The normalized spacial score (nSPS) is 11.8. The van der Waals surface area contributed by atoms with Crippen molar-refractivity contribution in [2.24, 2.45) is 0 Å². The minimum Gasteiger partial charge on any atom is -0.481 e. The van der Waals surface area contributed by atoms with Gasteiger partial charge < -0.3 is 10.2 Å². The molecular weight excluding hydrogens is 244 g/mol. The van der Waals surface area contributed by atoms with Gasteiger partial charge in [-0.25, -0.2) is 4.79 Å². The van der Waals surface area contributed by atoms with Crippen LogP contribution in [0, 0.1) is 0 Å². The fourth-order valence-electron chi connectivity index (χ4n) is 2.04. The molecule has 4 heteroatoms. The van der Waals surface area contributed by atoms with E-state index < -0.39 is 17.9 Å². The Morgan fingerprint density at radius 3 is 2.00 bits per heavy atom. The number of rotatable bonds is 4. The fraction of sp³-hybridized carbons (Fsp3) is 0.0667. The second-order valence-corrected chi connectivity index (χ2v) is 4.07. The van der Waals surface area contributed by atoms with Crippen molar-refractivity contribution in [3.05, 3.63) is 71.3 Å². The molecule has 2 rings (SSSR count). The maximum Gasteiger partial charge on any atom is 0.336 e. The van der Waals surface area contributed by atoms with Crippen molar-refractivity contribution in [2.75, 3.05) is 0 Å². The van der Waals surface area contributed by atoms with Gasteiger partial charge in [0.15, 0.2) is 0 Å². The van der Waals surface area contributed by atoms with Crippen LogP contribution in [0.15, 0.2) is 54.6 Å². The molecule has 0 aliphatic carbocycles. The van der Waals surface area contributed by atoms with E-state index >= 15 is 0 Å². The second kappa shape index (κ2) is 5.35. The Bertz CT molecular complexity index is 605. The summed E-state index contributed by atoms with van der Waals surface area (Å²) in [6, 6.07) is 14.8. The molecular formula is C15H12O4.